The van der Waals surface area contributed by atoms with E-state index in [-0.39, 0.29) is 48.3 Å². The average Bonchev–Trinajstić information content (AvgIpc) is 2.15. The Kier molecular flexibility index (Phi) is 6.07. The van der Waals surface area contributed by atoms with Gasteiger partial charge in [-0.05, 0) is 12.1 Å². The smallest absolute Gasteiger partial charge is 1.00 e. The molecule has 0 amide bonds. The van der Waals surface area contributed by atoms with Crippen molar-refractivity contribution in [2.24, 2.45) is 0 Å². The van der Waals surface area contributed by atoms with E-state index in [1.54, 1.807) is 0 Å². The van der Waals surface area contributed by atoms with Gasteiger partial charge in [-0.15, -0.1) is 0 Å². The van der Waals surface area contributed by atoms with E-state index >= 15 is 0 Å². The molecule has 0 aliphatic rings. The number of carboxylic acid groups (broad SMARTS) is 2. The largest absolute Gasteiger partial charge is 2.00 e. The summed E-state index contributed by atoms with van der Waals surface area (Å²) in [6.45, 7) is 0. The summed E-state index contributed by atoms with van der Waals surface area (Å²) in [5.74, 6) is -3.29. The summed E-state index contributed by atoms with van der Waals surface area (Å²) in [6.07, 6.45) is 0. The zero-order valence-corrected chi connectivity index (χ0v) is 12.4. The topological polar surface area (TPSA) is 118 Å². The Morgan fingerprint density at radius 1 is 1.29 bits per heavy atom. The Balaban J connectivity index is -0.000000853. The fraction of sp³-hybridized carbons (Fsp3) is 0. The van der Waals surface area contributed by atoms with Gasteiger partial charge in [-0.2, -0.15) is 0 Å². The number of carboxylic acids is 2. The third kappa shape index (κ3) is 3.39. The first-order valence-electron chi connectivity index (χ1n) is 3.79. The van der Waals surface area contributed by atoms with Gasteiger partial charge in [0, 0.05) is 0 Å². The van der Waals surface area contributed by atoms with Crippen molar-refractivity contribution in [1.29, 1.82) is 0 Å². The maximum absolute atomic E-state index is 10.8. The fourth-order valence-electron chi connectivity index (χ4n) is 1.14. The molecule has 0 saturated heterocycles. The minimum Gasteiger partial charge on any atom is -1.00 e. The van der Waals surface area contributed by atoms with Gasteiger partial charge in [0.1, 0.15) is 5.02 Å². The summed E-state index contributed by atoms with van der Waals surface area (Å²) in [6, 6.07) is 1.87. The van der Waals surface area contributed by atoms with Crippen LogP contribution in [0.4, 0.5) is 5.69 Å². The Labute approximate surface area is 139 Å². The van der Waals surface area contributed by atoms with Crippen LogP contribution in [0.15, 0.2) is 12.1 Å². The minimum absolute atomic E-state index is 0. The van der Waals surface area contributed by atoms with Gasteiger partial charge < -0.3 is 13.1 Å². The second-order valence-electron chi connectivity index (χ2n) is 2.69. The van der Waals surface area contributed by atoms with Crippen LogP contribution in [0.25, 0.3) is 0 Å². The first-order valence-corrected chi connectivity index (χ1v) is 4.17. The second kappa shape index (κ2) is 6.31. The molecule has 1 aromatic rings. The van der Waals surface area contributed by atoms with Gasteiger partial charge >= 0.3 is 63.1 Å². The summed E-state index contributed by atoms with van der Waals surface area (Å²) >= 11 is 5.45. The van der Waals surface area contributed by atoms with Crippen LogP contribution in [0.1, 0.15) is 23.6 Å². The Morgan fingerprint density at radius 2 is 1.82 bits per heavy atom. The standard InChI is InChI=1S/C8H4ClNO6.Sr.2H/c9-4-2-1-3(7(11)12)5(8(13)14)6(4)10(15)16;;;/h1-2H,(H,11,12)(H,13,14);;;/q;+2;2*-1. The predicted molar refractivity (Wildman–Crippen MR) is 60.0 cm³/mol. The number of rotatable bonds is 3. The van der Waals surface area contributed by atoms with Crippen LogP contribution in [0.2, 0.25) is 5.02 Å². The van der Waals surface area contributed by atoms with Gasteiger partial charge in [0.25, 0.3) is 0 Å². The average molecular weight is 335 g/mol. The molecule has 7 nitrogen and oxygen atoms in total. The molecule has 0 aliphatic heterocycles. The quantitative estimate of drug-likeness (QED) is 0.491. The third-order valence-corrected chi connectivity index (χ3v) is 2.06. The number of halogens is 1. The number of benzene rings is 1. The van der Waals surface area contributed by atoms with Crippen molar-refractivity contribution in [3.63, 3.8) is 0 Å². The van der Waals surface area contributed by atoms with Crippen molar-refractivity contribution in [3.8, 4) is 0 Å². The van der Waals surface area contributed by atoms with Crippen molar-refractivity contribution in [1.82, 2.24) is 0 Å². The van der Waals surface area contributed by atoms with E-state index in [2.05, 4.69) is 0 Å². The molecule has 0 aliphatic carbocycles. The maximum atomic E-state index is 10.8. The first-order chi connectivity index (χ1) is 7.36. The molecular weight excluding hydrogens is 329 g/mol. The van der Waals surface area contributed by atoms with E-state index in [4.69, 9.17) is 21.8 Å². The van der Waals surface area contributed by atoms with E-state index in [0.717, 1.165) is 12.1 Å². The molecule has 17 heavy (non-hydrogen) atoms. The molecule has 0 radical (unpaired) electrons. The second-order valence-corrected chi connectivity index (χ2v) is 3.09. The molecule has 0 unspecified atom stereocenters. The van der Waals surface area contributed by atoms with Gasteiger partial charge in [-0.1, -0.05) is 11.6 Å². The molecule has 0 heterocycles. The van der Waals surface area contributed by atoms with Crippen molar-refractivity contribution >= 4 is 74.7 Å². The number of aromatic carboxylic acids is 2. The number of hydrogen-bond acceptors (Lipinski definition) is 4. The number of hydrogen-bond donors (Lipinski definition) is 2. The zero-order chi connectivity index (χ0) is 12.5. The fourth-order valence-corrected chi connectivity index (χ4v) is 1.37. The zero-order valence-electron chi connectivity index (χ0n) is 10.2. The summed E-state index contributed by atoms with van der Waals surface area (Å²) in [4.78, 5) is 31.0. The van der Waals surface area contributed by atoms with Crippen LogP contribution in [0.3, 0.4) is 0 Å². The Bertz CT molecular complexity index is 512. The van der Waals surface area contributed by atoms with Crippen molar-refractivity contribution < 1.29 is 27.6 Å². The summed E-state index contributed by atoms with van der Waals surface area (Å²) < 4.78 is 0. The molecule has 88 valence electrons. The van der Waals surface area contributed by atoms with Gasteiger partial charge in [0.2, 0.25) is 0 Å². The molecule has 0 aromatic heterocycles. The van der Waals surface area contributed by atoms with Crippen molar-refractivity contribution in [3.05, 3.63) is 38.4 Å². The van der Waals surface area contributed by atoms with Crippen LogP contribution >= 0.6 is 11.6 Å². The monoisotopic (exact) mass is 335 g/mol. The van der Waals surface area contributed by atoms with Crippen LogP contribution in [0, 0.1) is 10.1 Å². The molecule has 0 saturated carbocycles. The molecular formula is C8H6ClNO6Sr. The summed E-state index contributed by atoms with van der Waals surface area (Å²) in [5.41, 5.74) is -2.53. The summed E-state index contributed by atoms with van der Waals surface area (Å²) in [7, 11) is 0. The van der Waals surface area contributed by atoms with Gasteiger partial charge in [0.15, 0.2) is 5.56 Å². The normalized spacial score (nSPS) is 9.24. The molecule has 0 spiro atoms. The minimum atomic E-state index is -1.72. The van der Waals surface area contributed by atoms with E-state index in [0.29, 0.717) is 0 Å². The van der Waals surface area contributed by atoms with Crippen LogP contribution < -0.4 is 0 Å². The van der Waals surface area contributed by atoms with E-state index in [1.165, 1.54) is 0 Å². The number of nitro benzene ring substituents is 1. The molecule has 1 rings (SSSR count). The third-order valence-electron chi connectivity index (χ3n) is 1.76. The first kappa shape index (κ1) is 16.3. The van der Waals surface area contributed by atoms with E-state index in [9.17, 15) is 19.7 Å². The van der Waals surface area contributed by atoms with Crippen LogP contribution in [-0.2, 0) is 0 Å². The number of carbonyl (C=O) groups is 2. The predicted octanol–water partition coefficient (Wildman–Crippen LogP) is 1.49. The molecule has 2 N–H and O–H groups in total. The van der Waals surface area contributed by atoms with Gasteiger partial charge in [-0.3, -0.25) is 10.1 Å². The van der Waals surface area contributed by atoms with Crippen LogP contribution in [-0.4, -0.2) is 72.6 Å². The molecule has 9 heteroatoms. The molecule has 0 atom stereocenters. The Hall–Kier alpha value is -0.669. The molecule has 0 bridgehead atoms. The van der Waals surface area contributed by atoms with Crippen molar-refractivity contribution in [2.75, 3.05) is 0 Å². The van der Waals surface area contributed by atoms with Crippen LogP contribution in [0.5, 0.6) is 0 Å². The van der Waals surface area contributed by atoms with Gasteiger partial charge in [-0.25, -0.2) is 9.59 Å². The molecule has 0 fully saturated rings. The van der Waals surface area contributed by atoms with E-state index < -0.39 is 38.7 Å². The van der Waals surface area contributed by atoms with Gasteiger partial charge in [0.05, 0.1) is 10.5 Å². The van der Waals surface area contributed by atoms with E-state index in [1.807, 2.05) is 0 Å². The van der Waals surface area contributed by atoms with Crippen molar-refractivity contribution in [2.45, 2.75) is 0 Å². The SMILES string of the molecule is O=C(O)c1ccc(Cl)c([N+](=O)[O-])c1C(=O)O.[H-].[H-].[Sr+2]. The number of nitro groups is 1. The number of nitrogens with zero attached hydrogens (tertiary/aromatic N) is 1. The maximum Gasteiger partial charge on any atom is 2.00 e. The Morgan fingerprint density at radius 3 is 2.18 bits per heavy atom. The molecule has 1 aromatic carbocycles. The summed E-state index contributed by atoms with van der Waals surface area (Å²) in [5, 5.41) is 27.6.